The molecule has 0 fully saturated rings. The van der Waals surface area contributed by atoms with Crippen molar-refractivity contribution in [3.63, 3.8) is 0 Å². The van der Waals surface area contributed by atoms with Crippen molar-refractivity contribution in [2.75, 3.05) is 0 Å². The number of hydrogen-bond acceptors (Lipinski definition) is 0. The highest BCUT2D eigenvalue weighted by molar-refractivity contribution is 7.25. The van der Waals surface area contributed by atoms with Crippen LogP contribution in [0.5, 0.6) is 0 Å². The summed E-state index contributed by atoms with van der Waals surface area (Å²) in [7, 11) is 6.16. The maximum atomic E-state index is 3.08. The Labute approximate surface area is 82.7 Å². The molecule has 12 heavy (non-hydrogen) atoms. The van der Waals surface area contributed by atoms with E-state index in [1.54, 1.807) is 0 Å². The van der Waals surface area contributed by atoms with Crippen molar-refractivity contribution < 1.29 is 0 Å². The molecule has 0 aromatic carbocycles. The summed E-state index contributed by atoms with van der Waals surface area (Å²) in [6.45, 7) is 9.17. The molecule has 0 nitrogen and oxygen atoms in total. The zero-order chi connectivity index (χ0) is 9.83. The van der Waals surface area contributed by atoms with Gasteiger partial charge in [-0.05, 0) is 36.0 Å². The quantitative estimate of drug-likeness (QED) is 0.599. The van der Waals surface area contributed by atoms with Gasteiger partial charge in [-0.15, -0.1) is 18.5 Å². The van der Waals surface area contributed by atoms with Crippen LogP contribution in [-0.2, 0) is 0 Å². The van der Waals surface area contributed by atoms with Crippen molar-refractivity contribution in [1.29, 1.82) is 0 Å². The van der Waals surface area contributed by atoms with E-state index in [0.717, 1.165) is 0 Å². The van der Waals surface area contributed by atoms with E-state index in [2.05, 4.69) is 46.2 Å². The van der Waals surface area contributed by atoms with Crippen LogP contribution in [0.3, 0.4) is 0 Å². The van der Waals surface area contributed by atoms with Crippen molar-refractivity contribution in [3.8, 4) is 0 Å². The predicted octanol–water partition coefficient (Wildman–Crippen LogP) is 3.85. The number of hydrogen-bond donors (Lipinski definition) is 0. The van der Waals surface area contributed by atoms with Crippen molar-refractivity contribution in [1.82, 2.24) is 0 Å². The molecule has 0 saturated heterocycles. The van der Waals surface area contributed by atoms with Gasteiger partial charge in [-0.3, -0.25) is 0 Å². The highest BCUT2D eigenvalue weighted by Crippen LogP contribution is 2.48. The Morgan fingerprint density at radius 1 is 0.667 bits per heavy atom. The monoisotopic (exact) mass is 206 g/mol. The van der Waals surface area contributed by atoms with Crippen molar-refractivity contribution >= 4 is 18.5 Å². The third kappa shape index (κ3) is 2.21. The zero-order valence-corrected chi connectivity index (χ0v) is 11.3. The largest absolute Gasteiger partial charge is 0.130 e. The van der Waals surface area contributed by atoms with E-state index in [4.69, 9.17) is 0 Å². The molecule has 0 spiro atoms. The Hall–Kier alpha value is 0.860. The zero-order valence-electron chi connectivity index (χ0n) is 8.98. The Kier molecular flexibility index (Phi) is 5.27. The molecule has 0 bridgehead atoms. The van der Waals surface area contributed by atoms with Gasteiger partial charge in [0, 0.05) is 0 Å². The lowest BCUT2D eigenvalue weighted by Gasteiger charge is -2.45. The summed E-state index contributed by atoms with van der Waals surface area (Å²) in [5.41, 5.74) is 0. The molecule has 2 unspecified atom stereocenters. The minimum Gasteiger partial charge on any atom is -0.130 e. The van der Waals surface area contributed by atoms with E-state index in [1.165, 1.54) is 25.7 Å². The van der Waals surface area contributed by atoms with E-state index in [0.29, 0.717) is 10.3 Å². The molecular formula is C10H24P2. The normalized spacial score (nSPS) is 13.5. The average Bonchev–Trinajstić information content (AvgIpc) is 2.15. The van der Waals surface area contributed by atoms with Crippen LogP contribution in [-0.4, -0.2) is 10.3 Å². The molecule has 0 aliphatic carbocycles. The first-order valence-electron chi connectivity index (χ1n) is 5.07. The maximum Gasteiger partial charge on any atom is -0.00652 e. The molecule has 0 N–H and O–H groups in total. The molecule has 0 rings (SSSR count). The van der Waals surface area contributed by atoms with Gasteiger partial charge in [0.15, 0.2) is 0 Å². The summed E-state index contributed by atoms with van der Waals surface area (Å²) in [6, 6.07) is 0. The van der Waals surface area contributed by atoms with Gasteiger partial charge in [0.2, 0.25) is 0 Å². The van der Waals surface area contributed by atoms with E-state index >= 15 is 0 Å². The lowest BCUT2D eigenvalue weighted by molar-refractivity contribution is 0.375. The molecule has 0 aromatic heterocycles. The molecule has 0 aromatic rings. The first-order chi connectivity index (χ1) is 5.49. The summed E-state index contributed by atoms with van der Waals surface area (Å²) < 4.78 is 0. The molecule has 0 saturated carbocycles. The molecule has 0 heterocycles. The molecule has 0 radical (unpaired) electrons. The van der Waals surface area contributed by atoms with Crippen LogP contribution in [0.25, 0.3) is 0 Å². The molecule has 2 heteroatoms. The van der Waals surface area contributed by atoms with Crippen LogP contribution in [0, 0.1) is 0 Å². The first-order valence-corrected chi connectivity index (χ1v) is 6.22. The summed E-state index contributed by atoms with van der Waals surface area (Å²) in [5.74, 6) is 0. The van der Waals surface area contributed by atoms with Crippen LogP contribution < -0.4 is 0 Å². The van der Waals surface area contributed by atoms with Gasteiger partial charge in [-0.25, -0.2) is 0 Å². The Morgan fingerprint density at radius 2 is 0.833 bits per heavy atom. The SMILES string of the molecule is CCC(P)(CC)C(P)(CC)CC. The Morgan fingerprint density at radius 3 is 0.917 bits per heavy atom. The average molecular weight is 206 g/mol. The van der Waals surface area contributed by atoms with Gasteiger partial charge in [0.05, 0.1) is 0 Å². The van der Waals surface area contributed by atoms with Gasteiger partial charge in [-0.2, -0.15) is 0 Å². The number of rotatable bonds is 5. The van der Waals surface area contributed by atoms with Crippen LogP contribution in [0.4, 0.5) is 0 Å². The molecule has 0 aliphatic heterocycles. The first kappa shape index (κ1) is 12.9. The van der Waals surface area contributed by atoms with Crippen molar-refractivity contribution in [2.45, 2.75) is 63.7 Å². The van der Waals surface area contributed by atoms with Crippen LogP contribution in [0.2, 0.25) is 0 Å². The Bertz CT molecular complexity index is 108. The highest BCUT2D eigenvalue weighted by atomic mass is 31.0. The van der Waals surface area contributed by atoms with Gasteiger partial charge < -0.3 is 0 Å². The van der Waals surface area contributed by atoms with Gasteiger partial charge in [-0.1, -0.05) is 27.7 Å². The van der Waals surface area contributed by atoms with E-state index < -0.39 is 0 Å². The highest BCUT2D eigenvalue weighted by Gasteiger charge is 2.39. The molecule has 0 aliphatic rings. The lowest BCUT2D eigenvalue weighted by Crippen LogP contribution is -2.42. The van der Waals surface area contributed by atoms with Crippen molar-refractivity contribution in [2.24, 2.45) is 0 Å². The lowest BCUT2D eigenvalue weighted by atomic mass is 9.82. The topological polar surface area (TPSA) is 0 Å². The standard InChI is InChI=1S/C10H24P2/c1-5-9(11,6-2)10(12,7-3)8-4/h5-8,11-12H2,1-4H3. The van der Waals surface area contributed by atoms with Crippen molar-refractivity contribution in [3.05, 3.63) is 0 Å². The molecular weight excluding hydrogens is 182 g/mol. The van der Waals surface area contributed by atoms with Crippen LogP contribution >= 0.6 is 18.5 Å². The molecule has 0 amide bonds. The fourth-order valence-electron chi connectivity index (χ4n) is 1.91. The van der Waals surface area contributed by atoms with E-state index in [-0.39, 0.29) is 0 Å². The second-order valence-electron chi connectivity index (χ2n) is 3.73. The summed E-state index contributed by atoms with van der Waals surface area (Å²) in [6.07, 6.45) is 5.00. The van der Waals surface area contributed by atoms with Gasteiger partial charge >= 0.3 is 0 Å². The van der Waals surface area contributed by atoms with Gasteiger partial charge in [0.1, 0.15) is 0 Å². The summed E-state index contributed by atoms with van der Waals surface area (Å²) in [5, 5.41) is 0.836. The minimum absolute atomic E-state index is 0.418. The molecule has 2 atom stereocenters. The second-order valence-corrected chi connectivity index (χ2v) is 5.94. The summed E-state index contributed by atoms with van der Waals surface area (Å²) in [4.78, 5) is 0. The fraction of sp³-hybridized carbons (Fsp3) is 1.00. The molecule has 74 valence electrons. The smallest absolute Gasteiger partial charge is 0.00652 e. The van der Waals surface area contributed by atoms with E-state index in [9.17, 15) is 0 Å². The maximum absolute atomic E-state index is 3.08. The van der Waals surface area contributed by atoms with E-state index in [1.807, 2.05) is 0 Å². The minimum atomic E-state index is 0.418. The fourth-order valence-corrected chi connectivity index (χ4v) is 2.72. The second kappa shape index (κ2) is 4.92. The third-order valence-electron chi connectivity index (χ3n) is 3.52. The summed E-state index contributed by atoms with van der Waals surface area (Å²) >= 11 is 0. The third-order valence-corrected chi connectivity index (χ3v) is 6.63. The predicted molar refractivity (Wildman–Crippen MR) is 66.0 cm³/mol. The van der Waals surface area contributed by atoms with Crippen LogP contribution in [0.15, 0.2) is 0 Å². The Balaban J connectivity index is 4.66. The van der Waals surface area contributed by atoms with Gasteiger partial charge in [0.25, 0.3) is 0 Å². The van der Waals surface area contributed by atoms with Crippen LogP contribution in [0.1, 0.15) is 53.4 Å².